The van der Waals surface area contributed by atoms with Crippen LogP contribution in [0.15, 0.2) is 59.7 Å². The molecule has 0 radical (unpaired) electrons. The largest absolute Gasteiger partial charge is 0.489 e. The Morgan fingerprint density at radius 2 is 1.71 bits per heavy atom. The van der Waals surface area contributed by atoms with Gasteiger partial charge in [-0.15, -0.1) is 0 Å². The van der Waals surface area contributed by atoms with Gasteiger partial charge in [-0.2, -0.15) is 5.10 Å². The lowest BCUT2D eigenvalue weighted by Crippen LogP contribution is -2.21. The maximum atomic E-state index is 12.1. The number of nitrogens with one attached hydrogen (secondary N) is 2. The summed E-state index contributed by atoms with van der Waals surface area (Å²) in [6.45, 7) is 4.22. The summed E-state index contributed by atoms with van der Waals surface area (Å²) in [5, 5.41) is 6.77. The third-order valence-electron chi connectivity index (χ3n) is 3.93. The minimum Gasteiger partial charge on any atom is -0.489 e. The molecule has 0 aliphatic rings. The van der Waals surface area contributed by atoms with E-state index >= 15 is 0 Å². The van der Waals surface area contributed by atoms with Crippen molar-refractivity contribution in [2.45, 2.75) is 46.1 Å². The lowest BCUT2D eigenvalue weighted by atomic mass is 10.2. The number of hydrogen-bond donors (Lipinski definition) is 2. The second-order valence-electron chi connectivity index (χ2n) is 6.51. The van der Waals surface area contributed by atoms with Crippen LogP contribution in [-0.2, 0) is 16.2 Å². The summed E-state index contributed by atoms with van der Waals surface area (Å²) in [6, 6.07) is 17.1. The number of hydrogen-bond acceptors (Lipinski definition) is 4. The fourth-order valence-corrected chi connectivity index (χ4v) is 2.40. The Labute approximate surface area is 166 Å². The van der Waals surface area contributed by atoms with Gasteiger partial charge in [0.05, 0.1) is 6.42 Å². The number of hydrazone groups is 1. The molecular weight excluding hydrogens is 354 g/mol. The van der Waals surface area contributed by atoms with Gasteiger partial charge in [0.15, 0.2) is 0 Å². The van der Waals surface area contributed by atoms with E-state index in [1.54, 1.807) is 19.1 Å². The van der Waals surface area contributed by atoms with E-state index in [1.165, 1.54) is 0 Å². The molecule has 0 saturated carbocycles. The number of carbonyl (C=O) groups excluding carboxylic acids is 2. The normalized spacial score (nSPS) is 11.0. The van der Waals surface area contributed by atoms with Crippen LogP contribution in [-0.4, -0.2) is 17.5 Å². The van der Waals surface area contributed by atoms with Crippen LogP contribution in [0.2, 0.25) is 0 Å². The Morgan fingerprint density at radius 3 is 2.39 bits per heavy atom. The highest BCUT2D eigenvalue weighted by Crippen LogP contribution is 2.17. The zero-order valence-corrected chi connectivity index (χ0v) is 16.4. The van der Waals surface area contributed by atoms with Crippen molar-refractivity contribution in [3.05, 3.63) is 60.2 Å². The van der Waals surface area contributed by atoms with Gasteiger partial charge in [-0.25, -0.2) is 5.43 Å². The molecule has 0 aromatic heterocycles. The van der Waals surface area contributed by atoms with Crippen molar-refractivity contribution in [1.29, 1.82) is 0 Å². The van der Waals surface area contributed by atoms with Gasteiger partial charge in [0.1, 0.15) is 12.4 Å². The number of amides is 2. The highest BCUT2D eigenvalue weighted by Gasteiger charge is 2.06. The van der Waals surface area contributed by atoms with E-state index in [1.807, 2.05) is 49.4 Å². The van der Waals surface area contributed by atoms with Crippen molar-refractivity contribution in [3.8, 4) is 5.75 Å². The van der Waals surface area contributed by atoms with E-state index in [2.05, 4.69) is 15.8 Å². The maximum absolute atomic E-state index is 12.1. The second-order valence-corrected chi connectivity index (χ2v) is 6.51. The summed E-state index contributed by atoms with van der Waals surface area (Å²) >= 11 is 0. The molecule has 0 aliphatic heterocycles. The van der Waals surface area contributed by atoms with E-state index in [4.69, 9.17) is 4.74 Å². The van der Waals surface area contributed by atoms with Crippen molar-refractivity contribution in [1.82, 2.24) is 5.43 Å². The van der Waals surface area contributed by atoms with Gasteiger partial charge in [-0.3, -0.25) is 9.59 Å². The standard InChI is InChI=1S/C22H27N3O3/c1-3-4-10-21(26)25-24-17(2)15-22(27)23-19-11-13-20(14-12-19)28-16-18-8-6-5-7-9-18/h5-9,11-14H,3-4,10,15-16H2,1-2H3,(H,23,27)(H,25,26)/b24-17+. The van der Waals surface area contributed by atoms with Crippen molar-refractivity contribution in [2.24, 2.45) is 5.10 Å². The van der Waals surface area contributed by atoms with Gasteiger partial charge in [0.2, 0.25) is 11.8 Å². The van der Waals surface area contributed by atoms with Crippen LogP contribution in [0.3, 0.4) is 0 Å². The predicted molar refractivity (Wildman–Crippen MR) is 111 cm³/mol. The number of ether oxygens (including phenoxy) is 1. The highest BCUT2D eigenvalue weighted by atomic mass is 16.5. The monoisotopic (exact) mass is 381 g/mol. The van der Waals surface area contributed by atoms with E-state index in [0.717, 1.165) is 24.2 Å². The van der Waals surface area contributed by atoms with Gasteiger partial charge in [-0.05, 0) is 43.2 Å². The molecule has 148 valence electrons. The fraction of sp³-hybridized carbons (Fsp3) is 0.318. The van der Waals surface area contributed by atoms with Crippen molar-refractivity contribution >= 4 is 23.2 Å². The molecule has 6 heteroatoms. The lowest BCUT2D eigenvalue weighted by molar-refractivity contribution is -0.121. The highest BCUT2D eigenvalue weighted by molar-refractivity contribution is 6.05. The first-order valence-electron chi connectivity index (χ1n) is 9.45. The van der Waals surface area contributed by atoms with Crippen LogP contribution < -0.4 is 15.5 Å². The first-order chi connectivity index (χ1) is 13.6. The minimum absolute atomic E-state index is 0.111. The van der Waals surface area contributed by atoms with Crippen LogP contribution in [0.5, 0.6) is 5.75 Å². The molecule has 0 fully saturated rings. The van der Waals surface area contributed by atoms with Crippen molar-refractivity contribution < 1.29 is 14.3 Å². The van der Waals surface area contributed by atoms with Gasteiger partial charge in [0.25, 0.3) is 0 Å². The van der Waals surface area contributed by atoms with E-state index < -0.39 is 0 Å². The first kappa shape index (κ1) is 21.2. The number of unbranched alkanes of at least 4 members (excludes halogenated alkanes) is 1. The number of anilines is 1. The Balaban J connectivity index is 1.76. The van der Waals surface area contributed by atoms with E-state index in [0.29, 0.717) is 24.4 Å². The number of nitrogens with zero attached hydrogens (tertiary/aromatic N) is 1. The van der Waals surface area contributed by atoms with Gasteiger partial charge < -0.3 is 10.1 Å². The molecule has 0 heterocycles. The van der Waals surface area contributed by atoms with Gasteiger partial charge in [-0.1, -0.05) is 43.7 Å². The first-order valence-corrected chi connectivity index (χ1v) is 9.45. The molecule has 0 saturated heterocycles. The molecule has 2 amide bonds. The predicted octanol–water partition coefficient (Wildman–Crippen LogP) is 4.28. The van der Waals surface area contributed by atoms with Crippen LogP contribution in [0.4, 0.5) is 5.69 Å². The molecule has 0 spiro atoms. The Morgan fingerprint density at radius 1 is 1.00 bits per heavy atom. The molecule has 2 aromatic rings. The fourth-order valence-electron chi connectivity index (χ4n) is 2.40. The molecular formula is C22H27N3O3. The molecule has 0 atom stereocenters. The number of rotatable bonds is 10. The van der Waals surface area contributed by atoms with E-state index in [-0.39, 0.29) is 18.2 Å². The topological polar surface area (TPSA) is 79.8 Å². The smallest absolute Gasteiger partial charge is 0.240 e. The summed E-state index contributed by atoms with van der Waals surface area (Å²) < 4.78 is 5.73. The van der Waals surface area contributed by atoms with E-state index in [9.17, 15) is 9.59 Å². The number of benzene rings is 2. The van der Waals surface area contributed by atoms with Crippen LogP contribution in [0.25, 0.3) is 0 Å². The third-order valence-corrected chi connectivity index (χ3v) is 3.93. The number of carbonyl (C=O) groups is 2. The average molecular weight is 381 g/mol. The second kappa shape index (κ2) is 11.5. The summed E-state index contributed by atoms with van der Waals surface area (Å²) in [4.78, 5) is 23.6. The molecule has 28 heavy (non-hydrogen) atoms. The SMILES string of the molecule is CCCCC(=O)N/N=C(\C)CC(=O)Nc1ccc(OCc2ccccc2)cc1. The molecule has 0 unspecified atom stereocenters. The maximum Gasteiger partial charge on any atom is 0.240 e. The Bertz CT molecular complexity index is 786. The zero-order valence-electron chi connectivity index (χ0n) is 16.4. The molecule has 0 bridgehead atoms. The average Bonchev–Trinajstić information content (AvgIpc) is 2.71. The lowest BCUT2D eigenvalue weighted by Gasteiger charge is -2.09. The van der Waals surface area contributed by atoms with Crippen molar-refractivity contribution in [3.63, 3.8) is 0 Å². The third kappa shape index (κ3) is 8.03. The van der Waals surface area contributed by atoms with Crippen molar-refractivity contribution in [2.75, 3.05) is 5.32 Å². The van der Waals surface area contributed by atoms with Gasteiger partial charge >= 0.3 is 0 Å². The van der Waals surface area contributed by atoms with Gasteiger partial charge in [0, 0.05) is 17.8 Å². The van der Waals surface area contributed by atoms with Crippen LogP contribution in [0.1, 0.15) is 45.1 Å². The summed E-state index contributed by atoms with van der Waals surface area (Å²) in [5.74, 6) is 0.407. The summed E-state index contributed by atoms with van der Waals surface area (Å²) in [6.07, 6.45) is 2.33. The summed E-state index contributed by atoms with van der Waals surface area (Å²) in [5.41, 5.74) is 4.79. The quantitative estimate of drug-likeness (QED) is 0.476. The zero-order chi connectivity index (χ0) is 20.2. The Kier molecular flexibility index (Phi) is 8.72. The molecule has 2 N–H and O–H groups in total. The molecule has 6 nitrogen and oxygen atoms in total. The molecule has 0 aliphatic carbocycles. The minimum atomic E-state index is -0.193. The summed E-state index contributed by atoms with van der Waals surface area (Å²) in [7, 11) is 0. The Hall–Kier alpha value is -3.15. The van der Waals surface area contributed by atoms with Crippen LogP contribution in [0, 0.1) is 0 Å². The molecule has 2 rings (SSSR count). The van der Waals surface area contributed by atoms with Crippen LogP contribution >= 0.6 is 0 Å². The molecule has 2 aromatic carbocycles.